The van der Waals surface area contributed by atoms with Crippen molar-refractivity contribution < 1.29 is 14.3 Å². The van der Waals surface area contributed by atoms with Crippen LogP contribution in [-0.4, -0.2) is 33.8 Å². The maximum absolute atomic E-state index is 13.4. The molecule has 0 saturated carbocycles. The lowest BCUT2D eigenvalue weighted by Gasteiger charge is -2.31. The number of hydrogen-bond acceptors (Lipinski definition) is 5. The van der Waals surface area contributed by atoms with E-state index in [1.54, 1.807) is 16.8 Å². The zero-order valence-electron chi connectivity index (χ0n) is 15.1. The Morgan fingerprint density at radius 3 is 3.00 bits per heavy atom. The molecule has 2 aliphatic rings. The summed E-state index contributed by atoms with van der Waals surface area (Å²) in [7, 11) is 1.83. The van der Waals surface area contributed by atoms with Gasteiger partial charge in [0.1, 0.15) is 17.9 Å². The number of rotatable bonds is 1. The van der Waals surface area contributed by atoms with Crippen molar-refractivity contribution in [3.8, 4) is 0 Å². The van der Waals surface area contributed by atoms with Crippen LogP contribution in [0.3, 0.4) is 0 Å². The third kappa shape index (κ3) is 3.31. The highest BCUT2D eigenvalue weighted by atomic mass is 19.1. The van der Waals surface area contributed by atoms with Crippen LogP contribution in [0, 0.1) is 5.82 Å². The van der Waals surface area contributed by atoms with Gasteiger partial charge in [-0.15, -0.1) is 0 Å². The molecule has 26 heavy (non-hydrogen) atoms. The number of nitrogens with two attached hydrogens (primary N) is 1. The molecule has 4 N–H and O–H groups in total. The number of benzene rings is 1. The van der Waals surface area contributed by atoms with Crippen LogP contribution in [0.5, 0.6) is 0 Å². The van der Waals surface area contributed by atoms with Gasteiger partial charge in [0.25, 0.3) is 0 Å². The van der Waals surface area contributed by atoms with Gasteiger partial charge in [-0.1, -0.05) is 12.1 Å². The Balaban J connectivity index is 0.000000152. The fourth-order valence-electron chi connectivity index (χ4n) is 3.59. The number of para-hydroxylation sites is 1. The first-order chi connectivity index (χ1) is 12.4. The van der Waals surface area contributed by atoms with E-state index in [2.05, 4.69) is 10.4 Å². The van der Waals surface area contributed by atoms with Crippen molar-refractivity contribution in [3.63, 3.8) is 0 Å². The molecule has 0 spiro atoms. The summed E-state index contributed by atoms with van der Waals surface area (Å²) in [5.74, 6) is 0.416. The molecular formula is C19H25FN4O2. The minimum absolute atomic E-state index is 0.232. The maximum atomic E-state index is 13.4. The quantitative estimate of drug-likeness (QED) is 0.676. The summed E-state index contributed by atoms with van der Waals surface area (Å²) in [5, 5.41) is 16.6. The van der Waals surface area contributed by atoms with Gasteiger partial charge in [0.2, 0.25) is 0 Å². The van der Waals surface area contributed by atoms with Crippen molar-refractivity contribution >= 4 is 17.8 Å². The van der Waals surface area contributed by atoms with Crippen molar-refractivity contribution in [2.75, 3.05) is 17.6 Å². The van der Waals surface area contributed by atoms with Crippen molar-refractivity contribution in [2.45, 2.75) is 44.1 Å². The second-order valence-corrected chi connectivity index (χ2v) is 7.21. The molecule has 2 unspecified atom stereocenters. The number of aryl methyl sites for hydroxylation is 2. The lowest BCUT2D eigenvalue weighted by molar-refractivity contribution is -0.112. The lowest BCUT2D eigenvalue weighted by atomic mass is 9.78. The van der Waals surface area contributed by atoms with Crippen molar-refractivity contribution in [1.29, 1.82) is 0 Å². The fraction of sp³-hybridized carbons (Fsp3) is 0.474. The third-order valence-corrected chi connectivity index (χ3v) is 5.27. The Kier molecular flexibility index (Phi) is 5.00. The molecule has 6 nitrogen and oxygen atoms in total. The average Bonchev–Trinajstić information content (AvgIpc) is 2.91. The summed E-state index contributed by atoms with van der Waals surface area (Å²) >= 11 is 0. The summed E-state index contributed by atoms with van der Waals surface area (Å²) in [6.07, 6.45) is 3.71. The topological polar surface area (TPSA) is 93.2 Å². The number of aliphatic hydroxyl groups excluding tert-OH is 1. The van der Waals surface area contributed by atoms with Crippen molar-refractivity contribution in [3.05, 3.63) is 40.8 Å². The molecule has 1 aromatic heterocycles. The number of aldehydes is 1. The molecule has 1 aliphatic carbocycles. The first-order valence-electron chi connectivity index (χ1n) is 8.83. The number of anilines is 2. The summed E-state index contributed by atoms with van der Waals surface area (Å²) in [5.41, 5.74) is 8.57. The molecule has 2 atom stereocenters. The number of hydrogen-bond donors (Lipinski definition) is 3. The third-order valence-electron chi connectivity index (χ3n) is 5.27. The molecule has 7 heteroatoms. The number of aliphatic hydroxyl groups is 1. The Bertz CT molecular complexity index is 820. The van der Waals surface area contributed by atoms with E-state index < -0.39 is 5.41 Å². The Morgan fingerprint density at radius 1 is 1.50 bits per heavy atom. The summed E-state index contributed by atoms with van der Waals surface area (Å²) in [6.45, 7) is 2.49. The van der Waals surface area contributed by atoms with Crippen LogP contribution in [0.2, 0.25) is 0 Å². The van der Waals surface area contributed by atoms with Crippen molar-refractivity contribution in [1.82, 2.24) is 9.78 Å². The number of fused-ring (bicyclic) bond motifs is 2. The van der Waals surface area contributed by atoms with Crippen LogP contribution in [0.25, 0.3) is 0 Å². The molecular weight excluding hydrogens is 335 g/mol. The van der Waals surface area contributed by atoms with E-state index in [-0.39, 0.29) is 11.9 Å². The first kappa shape index (κ1) is 18.4. The highest BCUT2D eigenvalue weighted by Gasteiger charge is 2.32. The van der Waals surface area contributed by atoms with Gasteiger partial charge in [-0.05, 0) is 37.8 Å². The number of nitrogens with one attached hydrogen (secondary N) is 1. The second-order valence-electron chi connectivity index (χ2n) is 7.21. The average molecular weight is 360 g/mol. The minimum Gasteiger partial charge on any atom is -0.393 e. The molecule has 0 radical (unpaired) electrons. The van der Waals surface area contributed by atoms with Gasteiger partial charge in [0, 0.05) is 25.6 Å². The molecule has 140 valence electrons. The zero-order chi connectivity index (χ0) is 18.9. The van der Waals surface area contributed by atoms with E-state index in [9.17, 15) is 14.3 Å². The molecule has 0 bridgehead atoms. The largest absolute Gasteiger partial charge is 0.393 e. The van der Waals surface area contributed by atoms with E-state index >= 15 is 0 Å². The van der Waals surface area contributed by atoms with Gasteiger partial charge in [-0.3, -0.25) is 4.68 Å². The second kappa shape index (κ2) is 7.07. The standard InChI is InChI=1S/C11H12FNO.C8H13N3O/c1-11(7-14)5-6-13-10-8(11)3-2-4-9(10)12;1-11-8(9)6-4-5(12)2-3-7(6)10-11/h2-4,7,13H,5-6H2,1H3;5,12H,2-4,9H2,1H3. The maximum Gasteiger partial charge on any atom is 0.146 e. The predicted molar refractivity (Wildman–Crippen MR) is 98.6 cm³/mol. The minimum atomic E-state index is -0.539. The monoisotopic (exact) mass is 360 g/mol. The number of nitrogens with zero attached hydrogens (tertiary/aromatic N) is 2. The van der Waals surface area contributed by atoms with E-state index in [1.165, 1.54) is 6.07 Å². The Hall–Kier alpha value is -2.41. The molecule has 4 rings (SSSR count). The van der Waals surface area contributed by atoms with Gasteiger partial charge in [0.05, 0.1) is 22.9 Å². The van der Waals surface area contributed by atoms with Crippen LogP contribution in [0.1, 0.15) is 36.6 Å². The summed E-state index contributed by atoms with van der Waals surface area (Å²) < 4.78 is 15.1. The Morgan fingerprint density at radius 2 is 2.27 bits per heavy atom. The highest BCUT2D eigenvalue weighted by Crippen LogP contribution is 2.36. The van der Waals surface area contributed by atoms with Gasteiger partial charge in [-0.25, -0.2) is 4.39 Å². The van der Waals surface area contributed by atoms with Gasteiger partial charge in [0.15, 0.2) is 0 Å². The molecule has 2 heterocycles. The van der Waals surface area contributed by atoms with Gasteiger partial charge >= 0.3 is 0 Å². The lowest BCUT2D eigenvalue weighted by Crippen LogP contribution is -2.33. The molecule has 0 amide bonds. The van der Waals surface area contributed by atoms with Crippen LogP contribution in [0.4, 0.5) is 15.9 Å². The van der Waals surface area contributed by atoms with E-state index in [4.69, 9.17) is 5.73 Å². The van der Waals surface area contributed by atoms with E-state index in [0.717, 1.165) is 35.9 Å². The molecule has 1 aliphatic heterocycles. The smallest absolute Gasteiger partial charge is 0.146 e. The number of halogens is 1. The normalized spacial score (nSPS) is 23.8. The summed E-state index contributed by atoms with van der Waals surface area (Å²) in [4.78, 5) is 11.0. The molecule has 0 saturated heterocycles. The summed E-state index contributed by atoms with van der Waals surface area (Å²) in [6, 6.07) is 4.85. The van der Waals surface area contributed by atoms with Crippen LogP contribution >= 0.6 is 0 Å². The number of aromatic nitrogens is 2. The van der Waals surface area contributed by atoms with Crippen LogP contribution in [0.15, 0.2) is 18.2 Å². The zero-order valence-corrected chi connectivity index (χ0v) is 15.1. The number of carbonyl (C=O) groups is 1. The first-order valence-corrected chi connectivity index (χ1v) is 8.83. The van der Waals surface area contributed by atoms with E-state index in [0.29, 0.717) is 30.9 Å². The molecule has 2 aromatic rings. The van der Waals surface area contributed by atoms with Crippen LogP contribution < -0.4 is 11.1 Å². The Labute approximate surface area is 152 Å². The number of nitrogen functional groups attached to an aromatic ring is 1. The SMILES string of the molecule is CC1(C=O)CCNc2c(F)cccc21.Cn1nc2c(c1N)CC(O)CC2. The molecule has 0 fully saturated rings. The molecule has 1 aromatic carbocycles. The van der Waals surface area contributed by atoms with Crippen LogP contribution in [-0.2, 0) is 30.1 Å². The van der Waals surface area contributed by atoms with Gasteiger partial charge in [-0.2, -0.15) is 5.10 Å². The van der Waals surface area contributed by atoms with E-state index in [1.807, 2.05) is 14.0 Å². The highest BCUT2D eigenvalue weighted by molar-refractivity contribution is 5.75. The number of carbonyl (C=O) groups excluding carboxylic acids is 1. The van der Waals surface area contributed by atoms with Gasteiger partial charge < -0.3 is 21.0 Å². The fourth-order valence-corrected chi connectivity index (χ4v) is 3.59. The predicted octanol–water partition coefficient (Wildman–Crippen LogP) is 1.95. The van der Waals surface area contributed by atoms with Crippen molar-refractivity contribution in [2.24, 2.45) is 7.05 Å².